The Kier molecular flexibility index (Phi) is 6.25. The van der Waals surface area contributed by atoms with Gasteiger partial charge < -0.3 is 9.32 Å². The average Bonchev–Trinajstić information content (AvgIpc) is 3.36. The molecule has 30 heavy (non-hydrogen) atoms. The van der Waals surface area contributed by atoms with Gasteiger partial charge in [-0.1, -0.05) is 6.07 Å². The summed E-state index contributed by atoms with van der Waals surface area (Å²) in [5, 5.41) is 1.83. The third kappa shape index (κ3) is 5.44. The third-order valence-corrected chi connectivity index (χ3v) is 5.22. The van der Waals surface area contributed by atoms with Gasteiger partial charge in [-0.2, -0.15) is 26.3 Å². The van der Waals surface area contributed by atoms with Gasteiger partial charge in [0.25, 0.3) is 5.91 Å². The maximum absolute atomic E-state index is 13.1. The SMILES string of the molecule is O=C(c1cc(C(F)(F)F)cc(C(F)(F)F)c1)N(CCc1cccs1)Cc1ccoc1. The molecule has 0 saturated heterocycles. The summed E-state index contributed by atoms with van der Waals surface area (Å²) in [7, 11) is 0. The number of carbonyl (C=O) groups is 1. The van der Waals surface area contributed by atoms with Crippen LogP contribution in [0.25, 0.3) is 0 Å². The van der Waals surface area contributed by atoms with Crippen LogP contribution in [0.4, 0.5) is 26.3 Å². The number of hydrogen-bond acceptors (Lipinski definition) is 3. The Balaban J connectivity index is 1.95. The number of carbonyl (C=O) groups excluding carboxylic acids is 1. The molecule has 1 aromatic carbocycles. The van der Waals surface area contributed by atoms with E-state index in [9.17, 15) is 31.1 Å². The highest BCUT2D eigenvalue weighted by Gasteiger charge is 2.38. The zero-order chi connectivity index (χ0) is 21.9. The van der Waals surface area contributed by atoms with E-state index >= 15 is 0 Å². The second kappa shape index (κ2) is 8.55. The highest BCUT2D eigenvalue weighted by Crippen LogP contribution is 2.36. The standard InChI is InChI=1S/C20H15F6NO2S/c21-19(22,23)15-8-14(9-16(10-15)20(24,25)26)18(28)27(11-13-4-6-29-12-13)5-3-17-2-1-7-30-17/h1-2,4,6-10,12H,3,5,11H2. The first-order chi connectivity index (χ1) is 14.0. The summed E-state index contributed by atoms with van der Waals surface area (Å²) < 4.78 is 83.8. The molecule has 160 valence electrons. The van der Waals surface area contributed by atoms with Gasteiger partial charge in [-0.3, -0.25) is 4.79 Å². The Morgan fingerprint density at radius 1 is 1.00 bits per heavy atom. The lowest BCUT2D eigenvalue weighted by Crippen LogP contribution is -2.32. The molecule has 10 heteroatoms. The molecule has 0 bridgehead atoms. The van der Waals surface area contributed by atoms with Crippen LogP contribution in [0.3, 0.4) is 0 Å². The lowest BCUT2D eigenvalue weighted by molar-refractivity contribution is -0.143. The first kappa shape index (κ1) is 21.9. The molecule has 0 spiro atoms. The minimum atomic E-state index is -5.03. The molecule has 0 aliphatic carbocycles. The Hall–Kier alpha value is -2.75. The highest BCUT2D eigenvalue weighted by molar-refractivity contribution is 7.09. The number of halogens is 6. The van der Waals surface area contributed by atoms with Crippen molar-refractivity contribution in [1.29, 1.82) is 0 Å². The summed E-state index contributed by atoms with van der Waals surface area (Å²) in [6.45, 7) is 0.0976. The topological polar surface area (TPSA) is 33.5 Å². The Bertz CT molecular complexity index is 946. The van der Waals surface area contributed by atoms with E-state index in [1.807, 2.05) is 17.5 Å². The van der Waals surface area contributed by atoms with Gasteiger partial charge in [0, 0.05) is 29.1 Å². The van der Waals surface area contributed by atoms with Crippen molar-refractivity contribution in [3.63, 3.8) is 0 Å². The summed E-state index contributed by atoms with van der Waals surface area (Å²) in [6.07, 6.45) is -6.92. The average molecular weight is 447 g/mol. The molecule has 0 aliphatic rings. The van der Waals surface area contributed by atoms with Gasteiger partial charge in [-0.25, -0.2) is 0 Å². The zero-order valence-electron chi connectivity index (χ0n) is 15.3. The smallest absolute Gasteiger partial charge is 0.416 e. The fourth-order valence-electron chi connectivity index (χ4n) is 2.82. The van der Waals surface area contributed by atoms with E-state index in [1.54, 1.807) is 6.07 Å². The van der Waals surface area contributed by atoms with Crippen molar-refractivity contribution in [2.24, 2.45) is 0 Å². The molecule has 0 radical (unpaired) electrons. The van der Waals surface area contributed by atoms with Crippen LogP contribution in [-0.2, 0) is 25.3 Å². The molecule has 3 nitrogen and oxygen atoms in total. The van der Waals surface area contributed by atoms with E-state index < -0.39 is 35.0 Å². The van der Waals surface area contributed by atoms with Gasteiger partial charge in [-0.15, -0.1) is 11.3 Å². The molecular weight excluding hydrogens is 432 g/mol. The maximum atomic E-state index is 13.1. The number of nitrogens with zero attached hydrogens (tertiary/aromatic N) is 1. The molecule has 2 aromatic heterocycles. The number of hydrogen-bond donors (Lipinski definition) is 0. The third-order valence-electron chi connectivity index (χ3n) is 4.28. The molecule has 0 aliphatic heterocycles. The fraction of sp³-hybridized carbons (Fsp3) is 0.250. The quantitative estimate of drug-likeness (QED) is 0.418. The number of benzene rings is 1. The predicted molar refractivity (Wildman–Crippen MR) is 97.9 cm³/mol. The Morgan fingerprint density at radius 2 is 1.67 bits per heavy atom. The van der Waals surface area contributed by atoms with Crippen molar-refractivity contribution in [1.82, 2.24) is 4.90 Å². The molecule has 0 atom stereocenters. The van der Waals surface area contributed by atoms with E-state index in [0.717, 1.165) is 4.88 Å². The van der Waals surface area contributed by atoms with Crippen LogP contribution in [-0.4, -0.2) is 17.4 Å². The summed E-state index contributed by atoms with van der Waals surface area (Å²) in [4.78, 5) is 15.1. The minimum Gasteiger partial charge on any atom is -0.472 e. The van der Waals surface area contributed by atoms with Gasteiger partial charge in [0.05, 0.1) is 23.7 Å². The van der Waals surface area contributed by atoms with E-state index in [0.29, 0.717) is 24.1 Å². The molecule has 1 amide bonds. The van der Waals surface area contributed by atoms with Gasteiger partial charge in [0.15, 0.2) is 0 Å². The number of alkyl halides is 6. The number of rotatable bonds is 6. The highest BCUT2D eigenvalue weighted by atomic mass is 32.1. The van der Waals surface area contributed by atoms with Crippen LogP contribution in [0.1, 0.15) is 31.9 Å². The van der Waals surface area contributed by atoms with Crippen LogP contribution in [0.5, 0.6) is 0 Å². The molecule has 0 unspecified atom stereocenters. The summed E-state index contributed by atoms with van der Waals surface area (Å²) in [5.41, 5.74) is -3.16. The predicted octanol–water partition coefficient (Wildman–Crippen LogP) is 6.26. The molecular formula is C20H15F6NO2S. The molecule has 0 fully saturated rings. The van der Waals surface area contributed by atoms with Gasteiger partial charge >= 0.3 is 12.4 Å². The lowest BCUT2D eigenvalue weighted by atomic mass is 10.0. The van der Waals surface area contributed by atoms with Crippen molar-refractivity contribution >= 4 is 17.2 Å². The molecule has 2 heterocycles. The number of furan rings is 1. The number of thiophene rings is 1. The minimum absolute atomic E-state index is 0.00282. The van der Waals surface area contributed by atoms with Crippen LogP contribution in [0.2, 0.25) is 0 Å². The molecule has 0 saturated carbocycles. The van der Waals surface area contributed by atoms with Crippen molar-refractivity contribution in [3.8, 4) is 0 Å². The normalized spacial score (nSPS) is 12.2. The maximum Gasteiger partial charge on any atom is 0.416 e. The molecule has 3 rings (SSSR count). The van der Waals surface area contributed by atoms with E-state index in [2.05, 4.69) is 0 Å². The van der Waals surface area contributed by atoms with Crippen LogP contribution < -0.4 is 0 Å². The fourth-order valence-corrected chi connectivity index (χ4v) is 3.51. The van der Waals surface area contributed by atoms with Gasteiger partial charge in [-0.05, 0) is 42.1 Å². The largest absolute Gasteiger partial charge is 0.472 e. The lowest BCUT2D eigenvalue weighted by Gasteiger charge is -2.23. The van der Waals surface area contributed by atoms with Crippen molar-refractivity contribution < 1.29 is 35.6 Å². The van der Waals surface area contributed by atoms with Crippen LogP contribution in [0, 0.1) is 0 Å². The first-order valence-electron chi connectivity index (χ1n) is 8.66. The summed E-state index contributed by atoms with van der Waals surface area (Å²) in [5.74, 6) is -0.927. The zero-order valence-corrected chi connectivity index (χ0v) is 16.1. The summed E-state index contributed by atoms with van der Waals surface area (Å²) in [6, 6.07) is 6.11. The second-order valence-corrected chi connectivity index (χ2v) is 7.51. The van der Waals surface area contributed by atoms with E-state index in [1.165, 1.54) is 28.8 Å². The van der Waals surface area contributed by atoms with E-state index in [-0.39, 0.29) is 19.2 Å². The van der Waals surface area contributed by atoms with Crippen LogP contribution >= 0.6 is 11.3 Å². The molecule has 0 N–H and O–H groups in total. The van der Waals surface area contributed by atoms with E-state index in [4.69, 9.17) is 4.42 Å². The van der Waals surface area contributed by atoms with Crippen molar-refractivity contribution in [2.75, 3.05) is 6.54 Å². The van der Waals surface area contributed by atoms with Gasteiger partial charge in [0.1, 0.15) is 0 Å². The first-order valence-corrected chi connectivity index (χ1v) is 9.54. The summed E-state index contributed by atoms with van der Waals surface area (Å²) >= 11 is 1.44. The van der Waals surface area contributed by atoms with Gasteiger partial charge in [0.2, 0.25) is 0 Å². The van der Waals surface area contributed by atoms with Crippen molar-refractivity contribution in [3.05, 3.63) is 81.4 Å². The van der Waals surface area contributed by atoms with Crippen molar-refractivity contribution in [2.45, 2.75) is 25.3 Å². The number of amides is 1. The van der Waals surface area contributed by atoms with Crippen LogP contribution in [0.15, 0.2) is 58.7 Å². The molecule has 3 aromatic rings. The Labute approximate surface area is 171 Å². The Morgan fingerprint density at radius 3 is 2.17 bits per heavy atom. The second-order valence-electron chi connectivity index (χ2n) is 6.48. The monoisotopic (exact) mass is 447 g/mol.